The number of hydrogen-bond acceptors (Lipinski definition) is 4. The number of piperazine rings is 1. The molecule has 1 fully saturated rings. The summed E-state index contributed by atoms with van der Waals surface area (Å²) in [6, 6.07) is 7.17. The van der Waals surface area contributed by atoms with E-state index in [-0.39, 0.29) is 0 Å². The monoisotopic (exact) mass is 339 g/mol. The van der Waals surface area contributed by atoms with E-state index in [0.717, 1.165) is 44.7 Å². The van der Waals surface area contributed by atoms with Gasteiger partial charge in [-0.1, -0.05) is 26.0 Å². The Morgan fingerprint density at radius 3 is 2.26 bits per heavy atom. The summed E-state index contributed by atoms with van der Waals surface area (Å²) in [6.45, 7) is 9.95. The summed E-state index contributed by atoms with van der Waals surface area (Å²) >= 11 is 0. The van der Waals surface area contributed by atoms with Crippen LogP contribution in [0.3, 0.4) is 0 Å². The molecular weight excluding hydrogens is 310 g/mol. The lowest BCUT2D eigenvalue weighted by molar-refractivity contribution is 0.153. The Balaban J connectivity index is 1.77. The Bertz CT molecular complexity index is 576. The van der Waals surface area contributed by atoms with Crippen LogP contribution < -0.4 is 4.72 Å². The highest BCUT2D eigenvalue weighted by molar-refractivity contribution is 7.89. The normalized spacial score (nSPS) is 17.7. The highest BCUT2D eigenvalue weighted by Gasteiger charge is 2.15. The zero-order valence-electron chi connectivity index (χ0n) is 14.5. The molecule has 0 bridgehead atoms. The fourth-order valence-electron chi connectivity index (χ4n) is 2.70. The summed E-state index contributed by atoms with van der Waals surface area (Å²) in [5, 5.41) is 0. The molecule has 5 nitrogen and oxygen atoms in total. The molecule has 0 unspecified atom stereocenters. The van der Waals surface area contributed by atoms with Gasteiger partial charge in [0, 0.05) is 32.7 Å². The Hall–Kier alpha value is -0.950. The van der Waals surface area contributed by atoms with Crippen LogP contribution in [0.1, 0.15) is 31.7 Å². The quantitative estimate of drug-likeness (QED) is 0.769. The number of benzene rings is 1. The molecule has 0 amide bonds. The molecule has 130 valence electrons. The summed E-state index contributed by atoms with van der Waals surface area (Å²) in [6.07, 6.45) is 0.840. The summed E-state index contributed by atoms with van der Waals surface area (Å²) in [7, 11) is -1.26. The first-order valence-electron chi connectivity index (χ1n) is 8.39. The average molecular weight is 340 g/mol. The van der Waals surface area contributed by atoms with Crippen molar-refractivity contribution in [3.8, 4) is 0 Å². The predicted octanol–water partition coefficient (Wildman–Crippen LogP) is 1.73. The maximum atomic E-state index is 12.3. The van der Waals surface area contributed by atoms with Crippen molar-refractivity contribution in [1.82, 2.24) is 14.5 Å². The van der Waals surface area contributed by atoms with Crippen molar-refractivity contribution in [3.05, 3.63) is 29.8 Å². The first-order chi connectivity index (χ1) is 10.9. The van der Waals surface area contributed by atoms with Crippen molar-refractivity contribution in [2.75, 3.05) is 46.3 Å². The van der Waals surface area contributed by atoms with Gasteiger partial charge in [0.25, 0.3) is 0 Å². The topological polar surface area (TPSA) is 52.7 Å². The van der Waals surface area contributed by atoms with E-state index < -0.39 is 10.0 Å². The Morgan fingerprint density at radius 2 is 1.70 bits per heavy atom. The van der Waals surface area contributed by atoms with Crippen LogP contribution in [0, 0.1) is 0 Å². The second kappa shape index (κ2) is 8.24. The van der Waals surface area contributed by atoms with Crippen molar-refractivity contribution >= 4 is 10.0 Å². The number of hydrogen-bond donors (Lipinski definition) is 1. The fourth-order valence-corrected chi connectivity index (χ4v) is 3.77. The highest BCUT2D eigenvalue weighted by atomic mass is 32.2. The minimum atomic E-state index is -3.39. The molecule has 23 heavy (non-hydrogen) atoms. The summed E-state index contributed by atoms with van der Waals surface area (Å²) in [5.74, 6) is 0.406. The van der Waals surface area contributed by atoms with Gasteiger partial charge in [-0.05, 0) is 43.6 Å². The maximum absolute atomic E-state index is 12.3. The molecule has 1 saturated heterocycles. The number of nitrogens with zero attached hydrogens (tertiary/aromatic N) is 2. The van der Waals surface area contributed by atoms with Crippen molar-refractivity contribution < 1.29 is 8.42 Å². The predicted molar refractivity (Wildman–Crippen MR) is 94.3 cm³/mol. The van der Waals surface area contributed by atoms with Crippen LogP contribution in [0.5, 0.6) is 0 Å². The van der Waals surface area contributed by atoms with E-state index in [1.807, 2.05) is 12.1 Å². The lowest BCUT2D eigenvalue weighted by Crippen LogP contribution is -2.45. The Morgan fingerprint density at radius 1 is 1.09 bits per heavy atom. The number of rotatable bonds is 7. The molecule has 1 aliphatic rings. The van der Waals surface area contributed by atoms with Gasteiger partial charge in [-0.15, -0.1) is 0 Å². The van der Waals surface area contributed by atoms with E-state index in [2.05, 4.69) is 35.4 Å². The fraction of sp³-hybridized carbons (Fsp3) is 0.647. The van der Waals surface area contributed by atoms with Crippen LogP contribution in [0.2, 0.25) is 0 Å². The van der Waals surface area contributed by atoms with Crippen LogP contribution in [-0.2, 0) is 10.0 Å². The van der Waals surface area contributed by atoms with Crippen LogP contribution in [0.25, 0.3) is 0 Å². The molecule has 1 aromatic rings. The van der Waals surface area contributed by atoms with E-state index >= 15 is 0 Å². The molecule has 1 heterocycles. The molecule has 6 heteroatoms. The van der Waals surface area contributed by atoms with Crippen LogP contribution in [0.4, 0.5) is 0 Å². The van der Waals surface area contributed by atoms with Gasteiger partial charge in [-0.2, -0.15) is 0 Å². The third-order valence-corrected chi connectivity index (χ3v) is 5.87. The standard InChI is InChI=1S/C17H29N3O2S/c1-15(2)16-5-7-17(8-6-16)23(21,22)18-9-4-10-20-13-11-19(3)12-14-20/h5-8,15,18H,4,9-14H2,1-3H3. The van der Waals surface area contributed by atoms with E-state index in [1.165, 1.54) is 0 Å². The van der Waals surface area contributed by atoms with E-state index in [4.69, 9.17) is 0 Å². The first kappa shape index (κ1) is 18.4. The minimum Gasteiger partial charge on any atom is -0.304 e. The van der Waals surface area contributed by atoms with E-state index in [9.17, 15) is 8.42 Å². The Kier molecular flexibility index (Phi) is 6.59. The highest BCUT2D eigenvalue weighted by Crippen LogP contribution is 2.17. The molecular formula is C17H29N3O2S. The molecule has 0 spiro atoms. The smallest absolute Gasteiger partial charge is 0.240 e. The summed E-state index contributed by atoms with van der Waals surface area (Å²) in [5.41, 5.74) is 1.15. The lowest BCUT2D eigenvalue weighted by atomic mass is 10.0. The van der Waals surface area contributed by atoms with E-state index in [1.54, 1.807) is 12.1 Å². The average Bonchev–Trinajstić information content (AvgIpc) is 2.53. The van der Waals surface area contributed by atoms with Gasteiger partial charge in [0.1, 0.15) is 0 Å². The minimum absolute atomic E-state index is 0.349. The van der Waals surface area contributed by atoms with Gasteiger partial charge in [0.15, 0.2) is 0 Å². The summed E-state index contributed by atoms with van der Waals surface area (Å²) < 4.78 is 27.3. The number of likely N-dealkylation sites (N-methyl/N-ethyl adjacent to an activating group) is 1. The van der Waals surface area contributed by atoms with Gasteiger partial charge >= 0.3 is 0 Å². The lowest BCUT2D eigenvalue weighted by Gasteiger charge is -2.32. The molecule has 0 aromatic heterocycles. The summed E-state index contributed by atoms with van der Waals surface area (Å²) in [4.78, 5) is 5.06. The van der Waals surface area contributed by atoms with E-state index in [0.29, 0.717) is 17.4 Å². The Labute approximate surface area is 140 Å². The molecule has 2 rings (SSSR count). The zero-order valence-corrected chi connectivity index (χ0v) is 15.3. The third-order valence-electron chi connectivity index (χ3n) is 4.40. The molecule has 0 radical (unpaired) electrons. The van der Waals surface area contributed by atoms with Crippen molar-refractivity contribution in [3.63, 3.8) is 0 Å². The molecule has 0 aliphatic carbocycles. The maximum Gasteiger partial charge on any atom is 0.240 e. The first-order valence-corrected chi connectivity index (χ1v) is 9.87. The van der Waals surface area contributed by atoms with Crippen LogP contribution in [0.15, 0.2) is 29.2 Å². The second-order valence-corrected chi connectivity index (χ2v) is 8.39. The van der Waals surface area contributed by atoms with Gasteiger partial charge < -0.3 is 9.80 Å². The molecule has 1 N–H and O–H groups in total. The van der Waals surface area contributed by atoms with Gasteiger partial charge in [-0.3, -0.25) is 0 Å². The van der Waals surface area contributed by atoms with Gasteiger partial charge in [0.05, 0.1) is 4.90 Å². The molecule has 1 aliphatic heterocycles. The van der Waals surface area contributed by atoms with Crippen molar-refractivity contribution in [1.29, 1.82) is 0 Å². The zero-order chi connectivity index (χ0) is 16.9. The van der Waals surface area contributed by atoms with Crippen molar-refractivity contribution in [2.24, 2.45) is 0 Å². The SMILES string of the molecule is CC(C)c1ccc(S(=O)(=O)NCCCN2CCN(C)CC2)cc1. The second-order valence-electron chi connectivity index (χ2n) is 6.62. The molecule has 0 atom stereocenters. The number of sulfonamides is 1. The number of nitrogens with one attached hydrogen (secondary N) is 1. The van der Waals surface area contributed by atoms with Crippen LogP contribution >= 0.6 is 0 Å². The molecule has 0 saturated carbocycles. The van der Waals surface area contributed by atoms with Gasteiger partial charge in [-0.25, -0.2) is 13.1 Å². The van der Waals surface area contributed by atoms with Gasteiger partial charge in [0.2, 0.25) is 10.0 Å². The van der Waals surface area contributed by atoms with Crippen molar-refractivity contribution in [2.45, 2.75) is 31.1 Å². The third kappa shape index (κ3) is 5.57. The largest absolute Gasteiger partial charge is 0.304 e. The molecule has 1 aromatic carbocycles. The van der Waals surface area contributed by atoms with Crippen LogP contribution in [-0.4, -0.2) is 64.5 Å².